The first kappa shape index (κ1) is 9.36. The number of hydrogen-bond acceptors (Lipinski definition) is 3. The summed E-state index contributed by atoms with van der Waals surface area (Å²) in [6, 6.07) is 1.12. The van der Waals surface area contributed by atoms with Crippen LogP contribution in [-0.2, 0) is 12.1 Å². The summed E-state index contributed by atoms with van der Waals surface area (Å²) in [4.78, 5) is 7.72. The van der Waals surface area contributed by atoms with E-state index in [0.717, 1.165) is 19.4 Å². The molecule has 1 spiro atoms. The Morgan fingerprint density at radius 1 is 1.33 bits per heavy atom. The van der Waals surface area contributed by atoms with Crippen molar-refractivity contribution >= 4 is 0 Å². The van der Waals surface area contributed by atoms with E-state index < -0.39 is 0 Å². The van der Waals surface area contributed by atoms with Crippen LogP contribution in [0, 0.1) is 0 Å². The average molecular weight is 206 g/mol. The zero-order chi connectivity index (χ0) is 10.5. The zero-order valence-electron chi connectivity index (χ0n) is 9.30. The van der Waals surface area contributed by atoms with Gasteiger partial charge in [0.1, 0.15) is 0 Å². The number of imidazole rings is 1. The van der Waals surface area contributed by atoms with Crippen molar-refractivity contribution in [3.8, 4) is 0 Å². The molecule has 0 aliphatic carbocycles. The molecule has 0 radical (unpaired) electrons. The maximum Gasteiger partial charge on any atom is 0.0926 e. The van der Waals surface area contributed by atoms with Crippen LogP contribution < -0.4 is 10.6 Å². The van der Waals surface area contributed by atoms with Gasteiger partial charge >= 0.3 is 0 Å². The Morgan fingerprint density at radius 3 is 2.80 bits per heavy atom. The largest absolute Gasteiger partial charge is 0.347 e. The van der Waals surface area contributed by atoms with Gasteiger partial charge in [0.05, 0.1) is 23.3 Å². The Kier molecular flexibility index (Phi) is 1.91. The fraction of sp³-hybridized carbons (Fsp3) is 0.727. The third-order valence-corrected chi connectivity index (χ3v) is 3.65. The normalized spacial score (nSPS) is 39.6. The molecular formula is C11H18N4. The molecule has 4 heteroatoms. The molecular weight excluding hydrogens is 188 g/mol. The molecule has 0 saturated carbocycles. The molecule has 1 aromatic heterocycles. The van der Waals surface area contributed by atoms with Crippen molar-refractivity contribution < 1.29 is 0 Å². The third kappa shape index (κ3) is 1.32. The first-order valence-corrected chi connectivity index (χ1v) is 5.73. The molecule has 0 amide bonds. The summed E-state index contributed by atoms with van der Waals surface area (Å²) in [7, 11) is 0. The molecule has 2 unspecified atom stereocenters. The van der Waals surface area contributed by atoms with Crippen molar-refractivity contribution in [1.29, 1.82) is 0 Å². The molecule has 2 aliphatic rings. The van der Waals surface area contributed by atoms with E-state index in [1.54, 1.807) is 0 Å². The van der Waals surface area contributed by atoms with E-state index in [9.17, 15) is 0 Å². The lowest BCUT2D eigenvalue weighted by molar-refractivity contribution is 0.185. The minimum absolute atomic E-state index is 0.124. The first-order valence-electron chi connectivity index (χ1n) is 5.73. The molecule has 0 bridgehead atoms. The number of aromatic amines is 1. The molecule has 3 N–H and O–H groups in total. The predicted molar refractivity (Wildman–Crippen MR) is 58.4 cm³/mol. The lowest BCUT2D eigenvalue weighted by Gasteiger charge is -2.40. The summed E-state index contributed by atoms with van der Waals surface area (Å²) in [5, 5.41) is 7.22. The quantitative estimate of drug-likeness (QED) is 0.590. The van der Waals surface area contributed by atoms with E-state index in [-0.39, 0.29) is 5.54 Å². The minimum Gasteiger partial charge on any atom is -0.347 e. The molecule has 3 rings (SSSR count). The lowest BCUT2D eigenvalue weighted by Crippen LogP contribution is -2.54. The van der Waals surface area contributed by atoms with Gasteiger partial charge in [0.25, 0.3) is 0 Å². The highest BCUT2D eigenvalue weighted by Crippen LogP contribution is 2.39. The SMILES string of the molecule is CC1CC2(CC(C)N1)NCc1[nH]cnc12. The number of H-pyrrole nitrogens is 1. The fourth-order valence-corrected chi connectivity index (χ4v) is 3.28. The highest BCUT2D eigenvalue weighted by atomic mass is 15.1. The Morgan fingerprint density at radius 2 is 2.07 bits per heavy atom. The van der Waals surface area contributed by atoms with E-state index in [4.69, 9.17) is 0 Å². The van der Waals surface area contributed by atoms with E-state index in [2.05, 4.69) is 34.4 Å². The van der Waals surface area contributed by atoms with Crippen LogP contribution in [0.15, 0.2) is 6.33 Å². The molecule has 15 heavy (non-hydrogen) atoms. The van der Waals surface area contributed by atoms with Crippen molar-refractivity contribution in [3.63, 3.8) is 0 Å². The summed E-state index contributed by atoms with van der Waals surface area (Å²) < 4.78 is 0. The minimum atomic E-state index is 0.124. The van der Waals surface area contributed by atoms with Gasteiger partial charge in [-0.15, -0.1) is 0 Å². The molecule has 2 aliphatic heterocycles. The Labute approximate surface area is 89.9 Å². The first-order chi connectivity index (χ1) is 7.20. The van der Waals surface area contributed by atoms with Crippen molar-refractivity contribution in [3.05, 3.63) is 17.7 Å². The number of fused-ring (bicyclic) bond motifs is 2. The second-order valence-electron chi connectivity index (χ2n) is 5.04. The van der Waals surface area contributed by atoms with Crippen molar-refractivity contribution in [2.45, 2.75) is 50.9 Å². The van der Waals surface area contributed by atoms with Crippen LogP contribution in [0.3, 0.4) is 0 Å². The number of hydrogen-bond donors (Lipinski definition) is 3. The lowest BCUT2D eigenvalue weighted by atomic mass is 9.80. The maximum atomic E-state index is 4.50. The van der Waals surface area contributed by atoms with Gasteiger partial charge < -0.3 is 15.6 Å². The van der Waals surface area contributed by atoms with Crippen LogP contribution in [0.2, 0.25) is 0 Å². The molecule has 82 valence electrons. The van der Waals surface area contributed by atoms with Gasteiger partial charge in [-0.3, -0.25) is 0 Å². The summed E-state index contributed by atoms with van der Waals surface area (Å²) in [5.74, 6) is 0. The molecule has 2 atom stereocenters. The van der Waals surface area contributed by atoms with E-state index in [0.29, 0.717) is 12.1 Å². The highest BCUT2D eigenvalue weighted by molar-refractivity contribution is 5.28. The number of piperidine rings is 1. The van der Waals surface area contributed by atoms with Crippen molar-refractivity contribution in [2.75, 3.05) is 0 Å². The number of nitrogens with one attached hydrogen (secondary N) is 3. The van der Waals surface area contributed by atoms with Gasteiger partial charge in [-0.2, -0.15) is 0 Å². The predicted octanol–water partition coefficient (Wildman–Crippen LogP) is 0.869. The van der Waals surface area contributed by atoms with Gasteiger partial charge in [0, 0.05) is 18.6 Å². The van der Waals surface area contributed by atoms with Crippen molar-refractivity contribution in [1.82, 2.24) is 20.6 Å². The number of rotatable bonds is 0. The van der Waals surface area contributed by atoms with Gasteiger partial charge in [-0.25, -0.2) is 4.98 Å². The van der Waals surface area contributed by atoms with E-state index in [1.807, 2.05) is 6.33 Å². The number of aromatic nitrogens is 2. The summed E-state index contributed by atoms with van der Waals surface area (Å²) >= 11 is 0. The summed E-state index contributed by atoms with van der Waals surface area (Å²) in [6.07, 6.45) is 4.09. The Bertz CT molecular complexity index is 360. The van der Waals surface area contributed by atoms with Crippen LogP contribution in [0.4, 0.5) is 0 Å². The number of nitrogens with zero attached hydrogens (tertiary/aromatic N) is 1. The van der Waals surface area contributed by atoms with Gasteiger partial charge in [0.2, 0.25) is 0 Å². The molecule has 0 aromatic carbocycles. The molecule has 1 fully saturated rings. The highest BCUT2D eigenvalue weighted by Gasteiger charge is 2.45. The Balaban J connectivity index is 1.98. The molecule has 4 nitrogen and oxygen atoms in total. The topological polar surface area (TPSA) is 52.7 Å². The smallest absolute Gasteiger partial charge is 0.0926 e. The van der Waals surface area contributed by atoms with Crippen LogP contribution in [-0.4, -0.2) is 22.1 Å². The summed E-state index contributed by atoms with van der Waals surface area (Å²) in [5.41, 5.74) is 2.65. The standard InChI is InChI=1S/C11H18N4/c1-7-3-11(4-8(2)15-7)10-9(5-14-11)12-6-13-10/h6-8,14-15H,3-5H2,1-2H3,(H,12,13). The second kappa shape index (κ2) is 3.06. The second-order valence-corrected chi connectivity index (χ2v) is 5.04. The molecule has 1 saturated heterocycles. The average Bonchev–Trinajstić information content (AvgIpc) is 2.69. The van der Waals surface area contributed by atoms with E-state index in [1.165, 1.54) is 11.4 Å². The maximum absolute atomic E-state index is 4.50. The van der Waals surface area contributed by atoms with Crippen LogP contribution in [0.5, 0.6) is 0 Å². The monoisotopic (exact) mass is 206 g/mol. The van der Waals surface area contributed by atoms with Crippen molar-refractivity contribution in [2.24, 2.45) is 0 Å². The van der Waals surface area contributed by atoms with Crippen LogP contribution >= 0.6 is 0 Å². The molecule has 1 aromatic rings. The molecule has 3 heterocycles. The fourth-order valence-electron chi connectivity index (χ4n) is 3.28. The van der Waals surface area contributed by atoms with Crippen LogP contribution in [0.25, 0.3) is 0 Å². The Hall–Kier alpha value is -0.870. The zero-order valence-corrected chi connectivity index (χ0v) is 9.30. The van der Waals surface area contributed by atoms with Gasteiger partial charge in [0.15, 0.2) is 0 Å². The van der Waals surface area contributed by atoms with E-state index >= 15 is 0 Å². The summed E-state index contributed by atoms with van der Waals surface area (Å²) in [6.45, 7) is 5.45. The van der Waals surface area contributed by atoms with Gasteiger partial charge in [-0.05, 0) is 26.7 Å². The third-order valence-electron chi connectivity index (χ3n) is 3.65. The van der Waals surface area contributed by atoms with Crippen LogP contribution in [0.1, 0.15) is 38.1 Å². The van der Waals surface area contributed by atoms with Gasteiger partial charge in [-0.1, -0.05) is 0 Å².